The van der Waals surface area contributed by atoms with E-state index in [1.165, 1.54) is 6.92 Å². The Morgan fingerprint density at radius 1 is 1.59 bits per heavy atom. The van der Waals surface area contributed by atoms with Crippen LogP contribution < -0.4 is 16.0 Å². The van der Waals surface area contributed by atoms with Crippen LogP contribution in [-0.2, 0) is 4.79 Å². The van der Waals surface area contributed by atoms with E-state index in [0.29, 0.717) is 10.7 Å². The maximum absolute atomic E-state index is 11.0. The fourth-order valence-corrected chi connectivity index (χ4v) is 2.54. The number of para-hydroxylation sites is 1. The smallest absolute Gasteiger partial charge is 0.217 e. The van der Waals surface area contributed by atoms with Crippen LogP contribution in [0.3, 0.4) is 0 Å². The van der Waals surface area contributed by atoms with Crippen molar-refractivity contribution >= 4 is 28.9 Å². The van der Waals surface area contributed by atoms with Crippen molar-refractivity contribution in [1.29, 1.82) is 0 Å². The number of hydrogen-bond donors (Lipinski definition) is 2. The lowest BCUT2D eigenvalue weighted by molar-refractivity contribution is -0.119. The van der Waals surface area contributed by atoms with Crippen LogP contribution in [0.4, 0.5) is 11.4 Å². The number of nitrogens with zero attached hydrogens (tertiary/aromatic N) is 1. The summed E-state index contributed by atoms with van der Waals surface area (Å²) in [4.78, 5) is 13.1. The minimum atomic E-state index is 0.00369. The summed E-state index contributed by atoms with van der Waals surface area (Å²) in [7, 11) is 0. The van der Waals surface area contributed by atoms with Crippen LogP contribution in [0.5, 0.6) is 0 Å². The van der Waals surface area contributed by atoms with Crippen LogP contribution in [0, 0.1) is 0 Å². The molecule has 3 N–H and O–H groups in total. The second kappa shape index (κ2) is 4.84. The number of carbonyl (C=O) groups excluding carboxylic acids is 1. The van der Waals surface area contributed by atoms with E-state index in [1.54, 1.807) is 0 Å². The molecule has 1 aromatic carbocycles. The maximum Gasteiger partial charge on any atom is 0.217 e. The number of hydrogen-bond acceptors (Lipinski definition) is 3. The Kier molecular flexibility index (Phi) is 3.43. The van der Waals surface area contributed by atoms with Gasteiger partial charge < -0.3 is 16.0 Å². The molecular formula is C12H16ClN3O. The molecule has 1 atom stereocenters. The van der Waals surface area contributed by atoms with Gasteiger partial charge in [0.25, 0.3) is 0 Å². The second-order valence-corrected chi connectivity index (χ2v) is 4.72. The summed E-state index contributed by atoms with van der Waals surface area (Å²) < 4.78 is 0. The summed E-state index contributed by atoms with van der Waals surface area (Å²) in [5, 5.41) is 3.58. The van der Waals surface area contributed by atoms with E-state index in [9.17, 15) is 4.79 Å². The first-order valence-electron chi connectivity index (χ1n) is 5.64. The van der Waals surface area contributed by atoms with Crippen molar-refractivity contribution in [2.24, 2.45) is 0 Å². The molecule has 0 spiro atoms. The molecule has 17 heavy (non-hydrogen) atoms. The molecule has 0 radical (unpaired) electrons. The van der Waals surface area contributed by atoms with Gasteiger partial charge in [0, 0.05) is 26.1 Å². The zero-order valence-electron chi connectivity index (χ0n) is 9.74. The van der Waals surface area contributed by atoms with Crippen LogP contribution in [0.1, 0.15) is 13.3 Å². The molecule has 1 aromatic rings. The van der Waals surface area contributed by atoms with Crippen LogP contribution in [0.15, 0.2) is 18.2 Å². The third kappa shape index (κ3) is 2.64. The lowest BCUT2D eigenvalue weighted by atomic mass is 10.2. The third-order valence-corrected chi connectivity index (χ3v) is 3.23. The zero-order valence-corrected chi connectivity index (χ0v) is 10.5. The fourth-order valence-electron chi connectivity index (χ4n) is 2.23. The van der Waals surface area contributed by atoms with Gasteiger partial charge in [0.05, 0.1) is 16.4 Å². The van der Waals surface area contributed by atoms with Gasteiger partial charge in [-0.2, -0.15) is 0 Å². The normalized spacial score (nSPS) is 19.4. The van der Waals surface area contributed by atoms with Crippen molar-refractivity contribution < 1.29 is 4.79 Å². The van der Waals surface area contributed by atoms with Crippen molar-refractivity contribution in [3.05, 3.63) is 23.2 Å². The number of amides is 1. The number of halogens is 1. The molecule has 0 aromatic heterocycles. The molecule has 1 aliphatic rings. The van der Waals surface area contributed by atoms with Crippen molar-refractivity contribution in [2.75, 3.05) is 23.7 Å². The lowest BCUT2D eigenvalue weighted by Crippen LogP contribution is -2.35. The summed E-state index contributed by atoms with van der Waals surface area (Å²) in [6.45, 7) is 3.15. The summed E-state index contributed by atoms with van der Waals surface area (Å²) >= 11 is 6.15. The van der Waals surface area contributed by atoms with Gasteiger partial charge in [0.2, 0.25) is 5.91 Å². The largest absolute Gasteiger partial charge is 0.397 e. The van der Waals surface area contributed by atoms with Gasteiger partial charge in [-0.05, 0) is 18.6 Å². The van der Waals surface area contributed by atoms with Gasteiger partial charge >= 0.3 is 0 Å². The SMILES string of the molecule is CC(=O)NC1CCN(c2c(N)cccc2Cl)C1. The van der Waals surface area contributed by atoms with E-state index in [1.807, 2.05) is 18.2 Å². The average Bonchev–Trinajstić information content (AvgIpc) is 2.65. The van der Waals surface area contributed by atoms with E-state index in [4.69, 9.17) is 17.3 Å². The minimum Gasteiger partial charge on any atom is -0.397 e. The van der Waals surface area contributed by atoms with Crippen molar-refractivity contribution in [3.63, 3.8) is 0 Å². The van der Waals surface area contributed by atoms with Gasteiger partial charge in [0.1, 0.15) is 0 Å². The Hall–Kier alpha value is -1.42. The minimum absolute atomic E-state index is 0.00369. The number of carbonyl (C=O) groups is 1. The molecule has 1 saturated heterocycles. The van der Waals surface area contributed by atoms with Gasteiger partial charge in [-0.1, -0.05) is 17.7 Å². The topological polar surface area (TPSA) is 58.4 Å². The van der Waals surface area contributed by atoms with Gasteiger partial charge in [0.15, 0.2) is 0 Å². The van der Waals surface area contributed by atoms with Crippen molar-refractivity contribution in [1.82, 2.24) is 5.32 Å². The highest BCUT2D eigenvalue weighted by Crippen LogP contribution is 2.33. The van der Waals surface area contributed by atoms with Crippen LogP contribution in [0.2, 0.25) is 5.02 Å². The first-order chi connectivity index (χ1) is 8.08. The Morgan fingerprint density at radius 3 is 3.00 bits per heavy atom. The highest BCUT2D eigenvalue weighted by Gasteiger charge is 2.25. The molecule has 0 bridgehead atoms. The first kappa shape index (κ1) is 12.0. The molecule has 4 nitrogen and oxygen atoms in total. The van der Waals surface area contributed by atoms with E-state index in [0.717, 1.165) is 25.2 Å². The second-order valence-electron chi connectivity index (χ2n) is 4.31. The molecule has 1 amide bonds. The highest BCUT2D eigenvalue weighted by atomic mass is 35.5. The van der Waals surface area contributed by atoms with Crippen molar-refractivity contribution in [2.45, 2.75) is 19.4 Å². The Bertz CT molecular complexity index is 416. The highest BCUT2D eigenvalue weighted by molar-refractivity contribution is 6.34. The number of rotatable bonds is 2. The number of nitrogens with one attached hydrogen (secondary N) is 1. The zero-order chi connectivity index (χ0) is 12.4. The quantitative estimate of drug-likeness (QED) is 0.788. The number of benzene rings is 1. The molecule has 0 aliphatic carbocycles. The number of nitrogen functional groups attached to an aromatic ring is 1. The summed E-state index contributed by atoms with van der Waals surface area (Å²) in [5.41, 5.74) is 7.49. The molecule has 1 fully saturated rings. The molecular weight excluding hydrogens is 238 g/mol. The standard InChI is InChI=1S/C12H16ClN3O/c1-8(17)15-9-5-6-16(7-9)12-10(13)3-2-4-11(12)14/h2-4,9H,5-7,14H2,1H3,(H,15,17). The van der Waals surface area contributed by atoms with Gasteiger partial charge in [-0.3, -0.25) is 4.79 Å². The molecule has 92 valence electrons. The average molecular weight is 254 g/mol. The summed E-state index contributed by atoms with van der Waals surface area (Å²) in [6, 6.07) is 5.69. The number of anilines is 2. The molecule has 5 heteroatoms. The Morgan fingerprint density at radius 2 is 2.35 bits per heavy atom. The van der Waals surface area contributed by atoms with Gasteiger partial charge in [-0.25, -0.2) is 0 Å². The maximum atomic E-state index is 11.0. The van der Waals surface area contributed by atoms with Crippen molar-refractivity contribution in [3.8, 4) is 0 Å². The molecule has 1 aliphatic heterocycles. The monoisotopic (exact) mass is 253 g/mol. The predicted molar refractivity (Wildman–Crippen MR) is 70.3 cm³/mol. The predicted octanol–water partition coefficient (Wildman–Crippen LogP) is 1.64. The fraction of sp³-hybridized carbons (Fsp3) is 0.417. The Balaban J connectivity index is 2.12. The van der Waals surface area contributed by atoms with Crippen LogP contribution in [0.25, 0.3) is 0 Å². The molecule has 0 saturated carbocycles. The van der Waals surface area contributed by atoms with E-state index in [-0.39, 0.29) is 11.9 Å². The van der Waals surface area contributed by atoms with E-state index >= 15 is 0 Å². The third-order valence-electron chi connectivity index (χ3n) is 2.93. The van der Waals surface area contributed by atoms with Gasteiger partial charge in [-0.15, -0.1) is 0 Å². The van der Waals surface area contributed by atoms with E-state index < -0.39 is 0 Å². The first-order valence-corrected chi connectivity index (χ1v) is 6.01. The molecule has 2 rings (SSSR count). The lowest BCUT2D eigenvalue weighted by Gasteiger charge is -2.21. The summed E-state index contributed by atoms with van der Waals surface area (Å²) in [6.07, 6.45) is 0.921. The van der Waals surface area contributed by atoms with Crippen LogP contribution >= 0.6 is 11.6 Å². The van der Waals surface area contributed by atoms with E-state index in [2.05, 4.69) is 10.2 Å². The van der Waals surface area contributed by atoms with Crippen LogP contribution in [-0.4, -0.2) is 25.0 Å². The number of nitrogens with two attached hydrogens (primary N) is 1. The Labute approximate surface area is 106 Å². The molecule has 1 heterocycles. The molecule has 1 unspecified atom stereocenters. The summed E-state index contributed by atoms with van der Waals surface area (Å²) in [5.74, 6) is 0.00369.